The molecular formula is C22H20BrClF6O. The Morgan fingerprint density at radius 3 is 2.03 bits per heavy atom. The van der Waals surface area contributed by atoms with Gasteiger partial charge in [0.05, 0.1) is 16.1 Å². The van der Waals surface area contributed by atoms with Gasteiger partial charge in [-0.15, -0.1) is 0 Å². The third-order valence-electron chi connectivity index (χ3n) is 5.05. The largest absolute Gasteiger partial charge is 0.417 e. The molecule has 0 aromatic heterocycles. The van der Waals surface area contributed by atoms with Crippen molar-refractivity contribution >= 4 is 33.8 Å². The van der Waals surface area contributed by atoms with Crippen LogP contribution < -0.4 is 0 Å². The predicted octanol–water partition coefficient (Wildman–Crippen LogP) is 8.82. The fourth-order valence-electron chi connectivity index (χ4n) is 3.54. The lowest BCUT2D eigenvalue weighted by atomic mass is 9.81. The van der Waals surface area contributed by atoms with Gasteiger partial charge in [0.25, 0.3) is 0 Å². The van der Waals surface area contributed by atoms with Crippen LogP contribution in [0.3, 0.4) is 0 Å². The van der Waals surface area contributed by atoms with Gasteiger partial charge in [0.15, 0.2) is 0 Å². The number of carbonyl (C=O) groups is 1. The van der Waals surface area contributed by atoms with E-state index < -0.39 is 28.5 Å². The molecular weight excluding hydrogens is 510 g/mol. The van der Waals surface area contributed by atoms with Gasteiger partial charge < -0.3 is 0 Å². The first kappa shape index (κ1) is 25.7. The summed E-state index contributed by atoms with van der Waals surface area (Å²) in [7, 11) is 0. The van der Waals surface area contributed by atoms with Crippen LogP contribution in [-0.4, -0.2) is 6.29 Å². The lowest BCUT2D eigenvalue weighted by molar-refractivity contribution is -0.139. The van der Waals surface area contributed by atoms with Crippen molar-refractivity contribution in [3.63, 3.8) is 0 Å². The molecule has 1 fully saturated rings. The molecule has 0 radical (unpaired) electrons. The number of hydrogen-bond donors (Lipinski definition) is 0. The summed E-state index contributed by atoms with van der Waals surface area (Å²) in [5.74, 6) is 0.0831. The first-order valence-electron chi connectivity index (χ1n) is 9.55. The van der Waals surface area contributed by atoms with Gasteiger partial charge in [-0.2, -0.15) is 26.3 Å². The fourth-order valence-corrected chi connectivity index (χ4v) is 4.11. The van der Waals surface area contributed by atoms with Gasteiger partial charge in [-0.05, 0) is 48.1 Å². The van der Waals surface area contributed by atoms with Crippen molar-refractivity contribution in [1.82, 2.24) is 0 Å². The minimum Gasteiger partial charge on any atom is -0.298 e. The maximum absolute atomic E-state index is 13.1. The number of halogens is 8. The van der Waals surface area contributed by atoms with Crippen LogP contribution in [-0.2, 0) is 17.7 Å². The van der Waals surface area contributed by atoms with E-state index in [2.05, 4.69) is 15.9 Å². The van der Waals surface area contributed by atoms with Gasteiger partial charge in [-0.3, -0.25) is 4.79 Å². The molecule has 0 N–H and O–H groups in total. The maximum atomic E-state index is 13.1. The first-order chi connectivity index (χ1) is 14.5. The monoisotopic (exact) mass is 528 g/mol. The SMILES string of the molecule is FC(F)(F)c1cc(CBr)ccc1C1CCCCC1.O=Cc1ccc(Cl)c(C(F)(F)F)c1. The maximum Gasteiger partial charge on any atom is 0.417 e. The average molecular weight is 530 g/mol. The molecule has 0 bridgehead atoms. The van der Waals surface area contributed by atoms with E-state index in [1.54, 1.807) is 12.1 Å². The zero-order chi connectivity index (χ0) is 23.2. The van der Waals surface area contributed by atoms with Crippen molar-refractivity contribution < 1.29 is 31.1 Å². The second-order valence-corrected chi connectivity index (χ2v) is 8.21. The zero-order valence-electron chi connectivity index (χ0n) is 16.3. The van der Waals surface area contributed by atoms with Crippen molar-refractivity contribution in [2.24, 2.45) is 0 Å². The molecule has 31 heavy (non-hydrogen) atoms. The van der Waals surface area contributed by atoms with Crippen LogP contribution in [0.2, 0.25) is 5.02 Å². The molecule has 1 nitrogen and oxygen atoms in total. The van der Waals surface area contributed by atoms with E-state index in [1.807, 2.05) is 0 Å². The lowest BCUT2D eigenvalue weighted by Gasteiger charge is -2.25. The highest BCUT2D eigenvalue weighted by atomic mass is 79.9. The molecule has 2 aromatic rings. The van der Waals surface area contributed by atoms with Crippen LogP contribution in [0, 0.1) is 0 Å². The zero-order valence-corrected chi connectivity index (χ0v) is 18.6. The van der Waals surface area contributed by atoms with Crippen molar-refractivity contribution in [2.45, 2.75) is 55.7 Å². The molecule has 170 valence electrons. The molecule has 1 aliphatic rings. The summed E-state index contributed by atoms with van der Waals surface area (Å²) in [5, 5.41) is 0.0548. The summed E-state index contributed by atoms with van der Waals surface area (Å²) in [6, 6.07) is 7.76. The third-order valence-corrected chi connectivity index (χ3v) is 6.03. The lowest BCUT2D eigenvalue weighted by Crippen LogP contribution is -2.14. The Kier molecular flexibility index (Phi) is 9.01. The van der Waals surface area contributed by atoms with Crippen molar-refractivity contribution in [2.75, 3.05) is 0 Å². The standard InChI is InChI=1S/C14H16BrF3.C8H4ClF3O/c15-9-10-6-7-12(11-4-2-1-3-5-11)13(8-10)14(16,17)18;9-7-2-1-5(4-13)3-6(7)8(10,11)12/h6-8,11H,1-5,9H2;1-4H. The summed E-state index contributed by atoms with van der Waals surface area (Å²) < 4.78 is 75.8. The summed E-state index contributed by atoms with van der Waals surface area (Å²) >= 11 is 8.51. The molecule has 0 heterocycles. The highest BCUT2D eigenvalue weighted by Crippen LogP contribution is 2.41. The summed E-state index contributed by atoms with van der Waals surface area (Å²) in [6.45, 7) is 0. The molecule has 1 aliphatic carbocycles. The van der Waals surface area contributed by atoms with Crippen LogP contribution >= 0.6 is 27.5 Å². The minimum absolute atomic E-state index is 0.0447. The third kappa shape index (κ3) is 7.24. The Hall–Kier alpha value is -1.54. The Balaban J connectivity index is 0.000000233. The summed E-state index contributed by atoms with van der Waals surface area (Å²) in [4.78, 5) is 10.2. The molecule has 9 heteroatoms. The summed E-state index contributed by atoms with van der Waals surface area (Å²) in [6.07, 6.45) is -3.41. The minimum atomic E-state index is -4.52. The van der Waals surface area contributed by atoms with Crippen LogP contribution in [0.1, 0.15) is 70.6 Å². The van der Waals surface area contributed by atoms with Gasteiger partial charge in [0.2, 0.25) is 0 Å². The Morgan fingerprint density at radius 1 is 0.903 bits per heavy atom. The molecule has 0 unspecified atom stereocenters. The second kappa shape index (κ2) is 10.9. The van der Waals surface area contributed by atoms with E-state index in [4.69, 9.17) is 11.6 Å². The number of benzene rings is 2. The van der Waals surface area contributed by atoms with Crippen LogP contribution in [0.5, 0.6) is 0 Å². The quantitative estimate of drug-likeness (QED) is 0.221. The van der Waals surface area contributed by atoms with Gasteiger partial charge in [-0.1, -0.05) is 65.0 Å². The number of hydrogen-bond acceptors (Lipinski definition) is 1. The topological polar surface area (TPSA) is 17.1 Å². The highest BCUT2D eigenvalue weighted by Gasteiger charge is 2.35. The highest BCUT2D eigenvalue weighted by molar-refractivity contribution is 9.08. The fraction of sp³-hybridized carbons (Fsp3) is 0.409. The number of alkyl halides is 7. The van der Waals surface area contributed by atoms with E-state index in [-0.39, 0.29) is 11.5 Å². The van der Waals surface area contributed by atoms with E-state index >= 15 is 0 Å². The molecule has 0 atom stereocenters. The van der Waals surface area contributed by atoms with Gasteiger partial charge in [0, 0.05) is 10.9 Å². The van der Waals surface area contributed by atoms with Crippen LogP contribution in [0.4, 0.5) is 26.3 Å². The Labute approximate surface area is 189 Å². The van der Waals surface area contributed by atoms with Gasteiger partial charge in [0.1, 0.15) is 6.29 Å². The van der Waals surface area contributed by atoms with E-state index in [1.165, 1.54) is 12.1 Å². The molecule has 0 aliphatic heterocycles. The van der Waals surface area contributed by atoms with E-state index in [0.29, 0.717) is 22.7 Å². The number of carbonyl (C=O) groups excluding carboxylic acids is 1. The van der Waals surface area contributed by atoms with Gasteiger partial charge in [-0.25, -0.2) is 0 Å². The molecule has 2 aromatic carbocycles. The summed E-state index contributed by atoms with van der Waals surface area (Å²) in [5.41, 5.74) is -0.296. The normalized spacial score (nSPS) is 15.2. The van der Waals surface area contributed by atoms with Crippen molar-refractivity contribution in [3.8, 4) is 0 Å². The molecule has 3 rings (SSSR count). The van der Waals surface area contributed by atoms with Crippen molar-refractivity contribution in [3.05, 3.63) is 69.2 Å². The molecule has 0 amide bonds. The predicted molar refractivity (Wildman–Crippen MR) is 112 cm³/mol. The number of rotatable bonds is 3. The molecule has 0 saturated heterocycles. The average Bonchev–Trinajstić information content (AvgIpc) is 2.73. The molecule has 0 spiro atoms. The number of aldehydes is 1. The smallest absolute Gasteiger partial charge is 0.298 e. The van der Waals surface area contributed by atoms with Crippen molar-refractivity contribution in [1.29, 1.82) is 0 Å². The second-order valence-electron chi connectivity index (χ2n) is 7.24. The Bertz CT molecular complexity index is 889. The van der Waals surface area contributed by atoms with E-state index in [0.717, 1.165) is 44.2 Å². The Morgan fingerprint density at radius 2 is 1.52 bits per heavy atom. The van der Waals surface area contributed by atoms with Gasteiger partial charge >= 0.3 is 12.4 Å². The molecule has 1 saturated carbocycles. The van der Waals surface area contributed by atoms with E-state index in [9.17, 15) is 31.1 Å². The van der Waals surface area contributed by atoms with Crippen LogP contribution in [0.15, 0.2) is 36.4 Å². The van der Waals surface area contributed by atoms with Crippen LogP contribution in [0.25, 0.3) is 0 Å². The first-order valence-corrected chi connectivity index (χ1v) is 11.0.